The molecule has 32 heavy (non-hydrogen) atoms. The lowest BCUT2D eigenvalue weighted by atomic mass is 9.36. The van der Waals surface area contributed by atoms with E-state index in [0.717, 1.165) is 6.42 Å². The van der Waals surface area contributed by atoms with E-state index < -0.39 is 58.0 Å². The van der Waals surface area contributed by atoms with Crippen LogP contribution in [0.1, 0.15) is 52.9 Å². The highest BCUT2D eigenvalue weighted by Gasteiger charge is 2.85. The lowest BCUT2D eigenvalue weighted by molar-refractivity contribution is -0.446. The van der Waals surface area contributed by atoms with Crippen molar-refractivity contribution < 1.29 is 38.8 Å². The highest BCUT2D eigenvalue weighted by Crippen LogP contribution is 2.76. The predicted octanol–water partition coefficient (Wildman–Crippen LogP) is 1.52. The van der Waals surface area contributed by atoms with Crippen molar-refractivity contribution in [2.45, 2.75) is 70.9 Å². The Morgan fingerprint density at radius 3 is 2.59 bits per heavy atom. The maximum Gasteiger partial charge on any atom is 0.302 e. The number of carbonyl (C=O) groups is 3. The average molecular weight is 449 g/mol. The fraction of sp³-hybridized carbons (Fsp3) is 0.792. The van der Waals surface area contributed by atoms with Crippen molar-refractivity contribution in [2.24, 2.45) is 34.0 Å². The predicted molar refractivity (Wildman–Crippen MR) is 110 cm³/mol. The average Bonchev–Trinajstić information content (AvgIpc) is 2.90. The third-order valence-corrected chi connectivity index (χ3v) is 9.40. The van der Waals surface area contributed by atoms with Crippen LogP contribution in [0.15, 0.2) is 12.2 Å². The highest BCUT2D eigenvalue weighted by atomic mass is 16.6. The van der Waals surface area contributed by atoms with E-state index in [0.29, 0.717) is 31.3 Å². The van der Waals surface area contributed by atoms with E-state index in [2.05, 4.69) is 6.58 Å². The van der Waals surface area contributed by atoms with Gasteiger partial charge >= 0.3 is 11.9 Å². The van der Waals surface area contributed by atoms with E-state index in [4.69, 9.17) is 14.2 Å². The molecular formula is C24H32O8. The SMILES string of the molecule is C=C1C(=O)C23CC1CC(OC(C)=O)C2C12CCCC(C)(COC(C)=O)C1C(O)C3(O)OC2. The zero-order valence-corrected chi connectivity index (χ0v) is 18.9. The number of fused-ring (bicyclic) bond motifs is 2. The zero-order valence-electron chi connectivity index (χ0n) is 18.9. The maximum atomic E-state index is 13.7. The van der Waals surface area contributed by atoms with Crippen LogP contribution in [0.2, 0.25) is 0 Å². The van der Waals surface area contributed by atoms with Gasteiger partial charge in [-0.1, -0.05) is 19.9 Å². The van der Waals surface area contributed by atoms with Gasteiger partial charge < -0.3 is 24.4 Å². The number of esters is 2. The number of aliphatic hydroxyl groups excluding tert-OH is 1. The molecule has 8 heteroatoms. The fourth-order valence-corrected chi connectivity index (χ4v) is 8.53. The van der Waals surface area contributed by atoms with E-state index in [1.165, 1.54) is 13.8 Å². The van der Waals surface area contributed by atoms with E-state index in [9.17, 15) is 24.6 Å². The summed E-state index contributed by atoms with van der Waals surface area (Å²) in [5.74, 6) is -4.48. The molecule has 2 spiro atoms. The zero-order chi connectivity index (χ0) is 23.3. The summed E-state index contributed by atoms with van der Waals surface area (Å²) < 4.78 is 17.2. The van der Waals surface area contributed by atoms with Crippen LogP contribution in [0.5, 0.6) is 0 Å². The van der Waals surface area contributed by atoms with E-state index in [-0.39, 0.29) is 24.9 Å². The molecule has 9 unspecified atom stereocenters. The number of carbonyl (C=O) groups excluding carboxylic acids is 3. The molecule has 8 nitrogen and oxygen atoms in total. The van der Waals surface area contributed by atoms with Crippen LogP contribution in [0, 0.1) is 34.0 Å². The fourth-order valence-electron chi connectivity index (χ4n) is 8.53. The summed E-state index contributed by atoms with van der Waals surface area (Å²) in [5, 5.41) is 23.6. The number of hydrogen-bond donors (Lipinski definition) is 2. The van der Waals surface area contributed by atoms with Crippen molar-refractivity contribution in [3.05, 3.63) is 12.2 Å². The third-order valence-electron chi connectivity index (χ3n) is 9.40. The van der Waals surface area contributed by atoms with Gasteiger partial charge in [0.2, 0.25) is 5.79 Å². The summed E-state index contributed by atoms with van der Waals surface area (Å²) in [6, 6.07) is 0. The summed E-state index contributed by atoms with van der Waals surface area (Å²) in [6.07, 6.45) is 1.00. The minimum atomic E-state index is -2.12. The number of aliphatic hydroxyl groups is 2. The van der Waals surface area contributed by atoms with Gasteiger partial charge in [-0.15, -0.1) is 0 Å². The monoisotopic (exact) mass is 448 g/mol. The highest BCUT2D eigenvalue weighted by molar-refractivity contribution is 6.04. The quantitative estimate of drug-likeness (QED) is 0.493. The number of ether oxygens (including phenoxy) is 3. The van der Waals surface area contributed by atoms with Gasteiger partial charge in [-0.2, -0.15) is 0 Å². The van der Waals surface area contributed by atoms with Crippen LogP contribution in [0.3, 0.4) is 0 Å². The minimum absolute atomic E-state index is 0.100. The Hall–Kier alpha value is -1.77. The molecule has 4 aliphatic carbocycles. The molecule has 2 aliphatic heterocycles. The first-order valence-electron chi connectivity index (χ1n) is 11.5. The lowest BCUT2D eigenvalue weighted by Gasteiger charge is -2.74. The first kappa shape index (κ1) is 22.0. The Bertz CT molecular complexity index is 914. The van der Waals surface area contributed by atoms with Crippen molar-refractivity contribution in [1.82, 2.24) is 0 Å². The van der Waals surface area contributed by atoms with Gasteiger partial charge in [0.05, 0.1) is 18.6 Å². The van der Waals surface area contributed by atoms with E-state index >= 15 is 0 Å². The second-order valence-corrected chi connectivity index (χ2v) is 11.0. The van der Waals surface area contributed by atoms with Crippen LogP contribution in [0.4, 0.5) is 0 Å². The van der Waals surface area contributed by atoms with Crippen LogP contribution >= 0.6 is 0 Å². The smallest absolute Gasteiger partial charge is 0.302 e. The molecule has 9 atom stereocenters. The molecule has 6 fully saturated rings. The Kier molecular flexibility index (Phi) is 4.57. The molecule has 2 saturated heterocycles. The lowest BCUT2D eigenvalue weighted by Crippen LogP contribution is -2.83. The number of Topliss-reactive ketones (excluding diaryl/α,β-unsaturated/α-hetero) is 1. The van der Waals surface area contributed by atoms with Gasteiger partial charge in [-0.05, 0) is 37.2 Å². The Morgan fingerprint density at radius 1 is 1.22 bits per heavy atom. The van der Waals surface area contributed by atoms with E-state index in [1.807, 2.05) is 6.92 Å². The van der Waals surface area contributed by atoms with Crippen molar-refractivity contribution >= 4 is 17.7 Å². The molecule has 0 aromatic rings. The molecule has 4 bridgehead atoms. The second kappa shape index (κ2) is 6.64. The van der Waals surface area contributed by atoms with Crippen LogP contribution < -0.4 is 0 Å². The van der Waals surface area contributed by atoms with Crippen molar-refractivity contribution in [3.63, 3.8) is 0 Å². The van der Waals surface area contributed by atoms with Gasteiger partial charge in [0.15, 0.2) is 5.78 Å². The summed E-state index contributed by atoms with van der Waals surface area (Å²) >= 11 is 0. The molecule has 6 aliphatic rings. The number of ketones is 1. The van der Waals surface area contributed by atoms with E-state index in [1.54, 1.807) is 0 Å². The summed E-state index contributed by atoms with van der Waals surface area (Å²) in [5.41, 5.74) is -2.32. The van der Waals surface area contributed by atoms with Crippen molar-refractivity contribution in [1.29, 1.82) is 0 Å². The topological polar surface area (TPSA) is 119 Å². The number of hydrogen-bond acceptors (Lipinski definition) is 8. The minimum Gasteiger partial charge on any atom is -0.465 e. The first-order chi connectivity index (χ1) is 14.9. The number of rotatable bonds is 3. The van der Waals surface area contributed by atoms with Gasteiger partial charge in [0.25, 0.3) is 0 Å². The normalized spacial score (nSPS) is 51.1. The second-order valence-electron chi connectivity index (χ2n) is 11.0. The van der Waals surface area contributed by atoms with Crippen molar-refractivity contribution in [2.75, 3.05) is 13.2 Å². The molecule has 0 amide bonds. The summed E-state index contributed by atoms with van der Waals surface area (Å²) in [4.78, 5) is 37.4. The molecule has 0 aromatic carbocycles. The molecule has 4 saturated carbocycles. The van der Waals surface area contributed by atoms with Gasteiger partial charge in [0, 0.05) is 36.5 Å². The van der Waals surface area contributed by atoms with Crippen molar-refractivity contribution in [3.8, 4) is 0 Å². The molecule has 2 heterocycles. The third kappa shape index (κ3) is 2.41. The Morgan fingerprint density at radius 2 is 1.94 bits per heavy atom. The summed E-state index contributed by atoms with van der Waals surface area (Å²) in [7, 11) is 0. The molecule has 176 valence electrons. The largest absolute Gasteiger partial charge is 0.465 e. The molecular weight excluding hydrogens is 416 g/mol. The molecule has 6 rings (SSSR count). The van der Waals surface area contributed by atoms with Crippen LogP contribution in [-0.2, 0) is 28.6 Å². The number of allylic oxidation sites excluding steroid dienone is 1. The van der Waals surface area contributed by atoms with Gasteiger partial charge in [-0.25, -0.2) is 0 Å². The standard InChI is InChI=1S/C24H32O8/c1-12-15-8-16(32-14(3)26)17-22-7-5-6-21(4,10-30-13(2)25)18(22)20(28)24(29,31-11-22)23(17,9-15)19(12)27/h15-18,20,28-29H,1,5-11H2,2-4H3. The molecule has 0 radical (unpaired) electrons. The Balaban J connectivity index is 1.70. The first-order valence-corrected chi connectivity index (χ1v) is 11.5. The Labute approximate surface area is 187 Å². The van der Waals surface area contributed by atoms with Gasteiger partial charge in [-0.3, -0.25) is 14.4 Å². The van der Waals surface area contributed by atoms with Crippen LogP contribution in [0.25, 0.3) is 0 Å². The summed E-state index contributed by atoms with van der Waals surface area (Å²) in [6.45, 7) is 8.90. The van der Waals surface area contributed by atoms with Crippen LogP contribution in [-0.4, -0.2) is 59.1 Å². The molecule has 2 N–H and O–H groups in total. The maximum absolute atomic E-state index is 13.7. The van der Waals surface area contributed by atoms with Gasteiger partial charge in [0.1, 0.15) is 12.2 Å². The molecule has 0 aromatic heterocycles.